The lowest BCUT2D eigenvalue weighted by Gasteiger charge is -2.23. The van der Waals surface area contributed by atoms with Gasteiger partial charge in [-0.05, 0) is 42.9 Å². The second-order valence-corrected chi connectivity index (χ2v) is 5.57. The monoisotopic (exact) mass is 262 g/mol. The fourth-order valence-electron chi connectivity index (χ4n) is 3.16. The van der Waals surface area contributed by atoms with Crippen molar-refractivity contribution in [2.45, 2.75) is 31.2 Å². The molecule has 1 aromatic rings. The Morgan fingerprint density at radius 3 is 3.05 bits per heavy atom. The molecule has 0 radical (unpaired) electrons. The highest BCUT2D eigenvalue weighted by Gasteiger charge is 2.47. The van der Waals surface area contributed by atoms with Crippen molar-refractivity contribution in [1.82, 2.24) is 4.90 Å². The van der Waals surface area contributed by atoms with E-state index in [4.69, 9.17) is 5.73 Å². The summed E-state index contributed by atoms with van der Waals surface area (Å²) in [7, 11) is 0. The van der Waals surface area contributed by atoms with Gasteiger partial charge in [0.2, 0.25) is 5.91 Å². The van der Waals surface area contributed by atoms with E-state index >= 15 is 0 Å². The Bertz CT molecular complexity index is 491. The lowest BCUT2D eigenvalue weighted by molar-refractivity contribution is -0.133. The molecule has 3 rings (SSSR count). The fraction of sp³-hybridized carbons (Fsp3) is 0.533. The van der Waals surface area contributed by atoms with Gasteiger partial charge in [-0.15, -0.1) is 0 Å². The van der Waals surface area contributed by atoms with Gasteiger partial charge in [0.15, 0.2) is 0 Å². The molecule has 1 aromatic carbocycles. The molecule has 19 heavy (non-hydrogen) atoms. The Balaban J connectivity index is 1.68. The number of rotatable bonds is 3. The molecule has 1 heterocycles. The van der Waals surface area contributed by atoms with E-state index < -0.39 is 0 Å². The Morgan fingerprint density at radius 1 is 1.47 bits per heavy atom. The average Bonchev–Trinajstić information content (AvgIpc) is 3.07. The molecule has 3 atom stereocenters. The predicted molar refractivity (Wildman–Crippen MR) is 71.0 cm³/mol. The van der Waals surface area contributed by atoms with Gasteiger partial charge in [0.1, 0.15) is 5.82 Å². The van der Waals surface area contributed by atoms with Crippen LogP contribution in [0.15, 0.2) is 24.3 Å². The van der Waals surface area contributed by atoms with Crippen LogP contribution in [0.1, 0.15) is 30.7 Å². The number of halogens is 1. The first kappa shape index (κ1) is 12.6. The van der Waals surface area contributed by atoms with E-state index in [2.05, 4.69) is 0 Å². The summed E-state index contributed by atoms with van der Waals surface area (Å²) in [5, 5.41) is 0. The molecular weight excluding hydrogens is 243 g/mol. The van der Waals surface area contributed by atoms with Crippen molar-refractivity contribution in [3.63, 3.8) is 0 Å². The SMILES string of the molecule is NC[C@@H]1CCCN1C(=O)[C@@H]1C[C@H]1c1cccc(F)c1. The van der Waals surface area contributed by atoms with Crippen LogP contribution < -0.4 is 5.73 Å². The van der Waals surface area contributed by atoms with E-state index in [1.165, 1.54) is 6.07 Å². The van der Waals surface area contributed by atoms with Crippen LogP contribution in [0.4, 0.5) is 4.39 Å². The Kier molecular flexibility index (Phi) is 3.27. The molecule has 102 valence electrons. The third-order valence-electron chi connectivity index (χ3n) is 4.32. The first-order valence-corrected chi connectivity index (χ1v) is 6.96. The van der Waals surface area contributed by atoms with Crippen molar-refractivity contribution in [3.8, 4) is 0 Å². The standard InChI is InChI=1S/C15H19FN2O/c16-11-4-1-3-10(7-11)13-8-14(13)15(19)18-6-2-5-12(18)9-17/h1,3-4,7,12-14H,2,5-6,8-9,17H2/t12-,13-,14+/m0/s1. The minimum absolute atomic E-state index is 0.0361. The van der Waals surface area contributed by atoms with E-state index in [1.807, 2.05) is 11.0 Å². The molecule has 2 N–H and O–H groups in total. The molecule has 2 fully saturated rings. The van der Waals surface area contributed by atoms with E-state index in [0.717, 1.165) is 31.4 Å². The maximum atomic E-state index is 13.2. The summed E-state index contributed by atoms with van der Waals surface area (Å²) in [5.74, 6) is 0.218. The van der Waals surface area contributed by atoms with Crippen LogP contribution in [0, 0.1) is 11.7 Å². The molecule has 1 amide bonds. The average molecular weight is 262 g/mol. The number of likely N-dealkylation sites (tertiary alicyclic amines) is 1. The molecule has 0 aromatic heterocycles. The number of nitrogens with zero attached hydrogens (tertiary/aromatic N) is 1. The molecule has 0 bridgehead atoms. The Hall–Kier alpha value is -1.42. The maximum Gasteiger partial charge on any atom is 0.226 e. The quantitative estimate of drug-likeness (QED) is 0.904. The van der Waals surface area contributed by atoms with E-state index in [-0.39, 0.29) is 29.6 Å². The van der Waals surface area contributed by atoms with Crippen LogP contribution in [-0.4, -0.2) is 29.9 Å². The number of benzene rings is 1. The summed E-state index contributed by atoms with van der Waals surface area (Å²) in [6.07, 6.45) is 2.90. The molecule has 1 aliphatic carbocycles. The summed E-state index contributed by atoms with van der Waals surface area (Å²) >= 11 is 0. The minimum Gasteiger partial charge on any atom is -0.338 e. The highest BCUT2D eigenvalue weighted by molar-refractivity contribution is 5.83. The van der Waals surface area contributed by atoms with Gasteiger partial charge in [-0.2, -0.15) is 0 Å². The number of hydrogen-bond acceptors (Lipinski definition) is 2. The number of carbonyl (C=O) groups is 1. The Morgan fingerprint density at radius 2 is 2.32 bits per heavy atom. The number of amides is 1. The summed E-state index contributed by atoms with van der Waals surface area (Å²) < 4.78 is 13.2. The first-order chi connectivity index (χ1) is 9.20. The lowest BCUT2D eigenvalue weighted by Crippen LogP contribution is -2.40. The van der Waals surface area contributed by atoms with Gasteiger partial charge < -0.3 is 10.6 Å². The van der Waals surface area contributed by atoms with Crippen LogP contribution in [0.3, 0.4) is 0 Å². The summed E-state index contributed by atoms with van der Waals surface area (Å²) in [4.78, 5) is 14.4. The van der Waals surface area contributed by atoms with Gasteiger partial charge >= 0.3 is 0 Å². The van der Waals surface area contributed by atoms with Crippen molar-refractivity contribution in [1.29, 1.82) is 0 Å². The Labute approximate surface area is 112 Å². The molecule has 4 heteroatoms. The molecule has 3 nitrogen and oxygen atoms in total. The van der Waals surface area contributed by atoms with Gasteiger partial charge in [0, 0.05) is 25.0 Å². The zero-order valence-electron chi connectivity index (χ0n) is 10.9. The first-order valence-electron chi connectivity index (χ1n) is 6.96. The van der Waals surface area contributed by atoms with Crippen molar-refractivity contribution in [2.75, 3.05) is 13.1 Å². The molecule has 1 saturated heterocycles. The highest BCUT2D eigenvalue weighted by Crippen LogP contribution is 2.49. The molecule has 0 spiro atoms. The summed E-state index contributed by atoms with van der Waals surface area (Å²) in [6.45, 7) is 1.37. The van der Waals surface area contributed by atoms with Gasteiger partial charge in [0.25, 0.3) is 0 Å². The summed E-state index contributed by atoms with van der Waals surface area (Å²) in [6, 6.07) is 6.81. The zero-order chi connectivity index (χ0) is 13.4. The lowest BCUT2D eigenvalue weighted by atomic mass is 10.1. The smallest absolute Gasteiger partial charge is 0.226 e. The minimum atomic E-state index is -0.225. The van der Waals surface area contributed by atoms with E-state index in [9.17, 15) is 9.18 Å². The van der Waals surface area contributed by atoms with Crippen molar-refractivity contribution in [2.24, 2.45) is 11.7 Å². The number of hydrogen-bond donors (Lipinski definition) is 1. The zero-order valence-corrected chi connectivity index (χ0v) is 10.9. The van der Waals surface area contributed by atoms with Crippen molar-refractivity contribution in [3.05, 3.63) is 35.6 Å². The van der Waals surface area contributed by atoms with E-state index in [0.29, 0.717) is 6.54 Å². The third-order valence-corrected chi connectivity index (χ3v) is 4.32. The molecular formula is C15H19FN2O. The topological polar surface area (TPSA) is 46.3 Å². The largest absolute Gasteiger partial charge is 0.338 e. The molecule has 1 aliphatic heterocycles. The van der Waals surface area contributed by atoms with Crippen LogP contribution in [0.5, 0.6) is 0 Å². The third kappa shape index (κ3) is 2.37. The van der Waals surface area contributed by atoms with Gasteiger partial charge in [0.05, 0.1) is 0 Å². The van der Waals surface area contributed by atoms with Crippen LogP contribution in [0.25, 0.3) is 0 Å². The van der Waals surface area contributed by atoms with Crippen molar-refractivity contribution >= 4 is 5.91 Å². The molecule has 2 aliphatic rings. The number of nitrogens with two attached hydrogens (primary N) is 1. The number of carbonyl (C=O) groups excluding carboxylic acids is 1. The molecule has 0 unspecified atom stereocenters. The molecule has 1 saturated carbocycles. The van der Waals surface area contributed by atoms with Crippen molar-refractivity contribution < 1.29 is 9.18 Å². The van der Waals surface area contributed by atoms with Crippen LogP contribution in [-0.2, 0) is 4.79 Å². The summed E-state index contributed by atoms with van der Waals surface area (Å²) in [5.41, 5.74) is 6.65. The second kappa shape index (κ2) is 4.93. The second-order valence-electron chi connectivity index (χ2n) is 5.57. The van der Waals surface area contributed by atoms with Gasteiger partial charge in [-0.25, -0.2) is 4.39 Å². The van der Waals surface area contributed by atoms with Gasteiger partial charge in [-0.3, -0.25) is 4.79 Å². The normalized spacial score (nSPS) is 29.6. The van der Waals surface area contributed by atoms with Crippen LogP contribution >= 0.6 is 0 Å². The predicted octanol–water partition coefficient (Wildman–Crippen LogP) is 1.88. The van der Waals surface area contributed by atoms with Crippen LogP contribution in [0.2, 0.25) is 0 Å². The highest BCUT2D eigenvalue weighted by atomic mass is 19.1. The maximum absolute atomic E-state index is 13.2. The fourth-order valence-corrected chi connectivity index (χ4v) is 3.16. The van der Waals surface area contributed by atoms with E-state index in [1.54, 1.807) is 12.1 Å². The van der Waals surface area contributed by atoms with Gasteiger partial charge in [-0.1, -0.05) is 12.1 Å².